The van der Waals surface area contributed by atoms with Crippen LogP contribution in [0.25, 0.3) is 22.2 Å². The van der Waals surface area contributed by atoms with Gasteiger partial charge in [-0.2, -0.15) is 0 Å². The smallest absolute Gasteiger partial charge is 0.0623 e. The SMILES string of the molecule is CC(C)CC1CCCC2CCC(O)C2C1O.Cc1ccc2ccc(-c3[c-]cccc3)nc2c1.[Ir]. The molecule has 3 nitrogen and oxygen atoms in total. The van der Waals surface area contributed by atoms with Crippen LogP contribution in [0.2, 0.25) is 0 Å². The quantitative estimate of drug-likeness (QED) is 0.319. The number of hydrogen-bond donors (Lipinski definition) is 2. The predicted octanol–water partition coefficient (Wildman–Crippen LogP) is 6.59. The summed E-state index contributed by atoms with van der Waals surface area (Å²) in [6, 6.07) is 21.6. The molecule has 34 heavy (non-hydrogen) atoms. The van der Waals surface area contributed by atoms with E-state index in [0.29, 0.717) is 17.8 Å². The van der Waals surface area contributed by atoms with Crippen LogP contribution in [-0.2, 0) is 20.1 Å². The molecule has 1 radical (unpaired) electrons. The van der Waals surface area contributed by atoms with Gasteiger partial charge in [0, 0.05) is 26.0 Å². The molecule has 5 unspecified atom stereocenters. The van der Waals surface area contributed by atoms with Crippen LogP contribution >= 0.6 is 0 Å². The summed E-state index contributed by atoms with van der Waals surface area (Å²) in [5.74, 6) is 1.82. The molecule has 0 bridgehead atoms. The number of hydrogen-bond acceptors (Lipinski definition) is 3. The molecule has 4 heteroatoms. The molecule has 2 aliphatic carbocycles. The van der Waals surface area contributed by atoms with Crippen molar-refractivity contribution in [2.24, 2.45) is 23.7 Å². The predicted molar refractivity (Wildman–Crippen MR) is 136 cm³/mol. The van der Waals surface area contributed by atoms with Crippen molar-refractivity contribution < 1.29 is 30.3 Å². The summed E-state index contributed by atoms with van der Waals surface area (Å²) in [4.78, 5) is 4.68. The Hall–Kier alpha value is -1.58. The number of aryl methyl sites for hydroxylation is 1. The summed E-state index contributed by atoms with van der Waals surface area (Å²) in [7, 11) is 0. The molecule has 0 amide bonds. The maximum Gasteiger partial charge on any atom is 0.0623 e. The Balaban J connectivity index is 0.000000186. The molecule has 3 aromatic rings. The zero-order valence-corrected chi connectivity index (χ0v) is 23.0. The third kappa shape index (κ3) is 6.55. The van der Waals surface area contributed by atoms with Crippen molar-refractivity contribution in [2.75, 3.05) is 0 Å². The van der Waals surface area contributed by atoms with E-state index in [2.05, 4.69) is 56.1 Å². The van der Waals surface area contributed by atoms with Crippen molar-refractivity contribution in [2.45, 2.75) is 71.5 Å². The first kappa shape index (κ1) is 27.0. The van der Waals surface area contributed by atoms with Gasteiger partial charge in [-0.05, 0) is 79.5 Å². The third-order valence-corrected chi connectivity index (χ3v) is 7.46. The first-order valence-corrected chi connectivity index (χ1v) is 12.6. The normalized spacial score (nSPS) is 26.2. The molecule has 0 aliphatic heterocycles. The maximum atomic E-state index is 10.5. The van der Waals surface area contributed by atoms with Crippen LogP contribution in [0.3, 0.4) is 0 Å². The minimum absolute atomic E-state index is 0. The van der Waals surface area contributed by atoms with E-state index >= 15 is 0 Å². The molecule has 5 rings (SSSR count). The average molecular weight is 637 g/mol. The van der Waals surface area contributed by atoms with Gasteiger partial charge in [0.25, 0.3) is 0 Å². The summed E-state index contributed by atoms with van der Waals surface area (Å²) in [5.41, 5.74) is 4.29. The number of rotatable bonds is 3. The summed E-state index contributed by atoms with van der Waals surface area (Å²) >= 11 is 0. The Morgan fingerprint density at radius 2 is 1.79 bits per heavy atom. The largest absolute Gasteiger partial charge is 0.393 e. The number of nitrogens with zero attached hydrogens (tertiary/aromatic N) is 1. The Morgan fingerprint density at radius 3 is 2.53 bits per heavy atom. The molecule has 0 spiro atoms. The standard InChI is InChI=1S/C16H12N.C14H26O2.Ir/c1-12-7-8-14-9-10-15(17-16(14)11-12)13-5-3-2-4-6-13;1-9(2)8-11-5-3-4-10-6-7-12(15)13(10)14(11)16;/h2-5,7-11H,1H3;9-16H,3-8H2,1-2H3;/q-1;;. The van der Waals surface area contributed by atoms with E-state index in [1.807, 2.05) is 30.3 Å². The van der Waals surface area contributed by atoms with E-state index in [1.54, 1.807) is 0 Å². The number of aromatic nitrogens is 1. The summed E-state index contributed by atoms with van der Waals surface area (Å²) in [5, 5.41) is 21.7. The topological polar surface area (TPSA) is 53.4 Å². The van der Waals surface area contributed by atoms with Crippen LogP contribution in [0.1, 0.15) is 57.9 Å². The van der Waals surface area contributed by atoms with Gasteiger partial charge < -0.3 is 10.2 Å². The molecular weight excluding hydrogens is 599 g/mol. The minimum Gasteiger partial charge on any atom is -0.393 e. The van der Waals surface area contributed by atoms with Crippen molar-refractivity contribution in [1.29, 1.82) is 0 Å². The van der Waals surface area contributed by atoms with E-state index in [9.17, 15) is 10.2 Å². The third-order valence-electron chi connectivity index (χ3n) is 7.46. The second kappa shape index (κ2) is 12.4. The van der Waals surface area contributed by atoms with E-state index in [0.717, 1.165) is 42.5 Å². The molecule has 0 saturated heterocycles. The van der Waals surface area contributed by atoms with Gasteiger partial charge in [-0.3, -0.25) is 4.98 Å². The minimum atomic E-state index is -0.257. The molecule has 2 aliphatic rings. The second-order valence-electron chi connectivity index (χ2n) is 10.5. The Kier molecular flexibility index (Phi) is 9.85. The first-order valence-electron chi connectivity index (χ1n) is 12.6. The van der Waals surface area contributed by atoms with Crippen LogP contribution in [-0.4, -0.2) is 27.4 Å². The zero-order chi connectivity index (χ0) is 23.4. The van der Waals surface area contributed by atoms with E-state index in [-0.39, 0.29) is 38.2 Å². The van der Waals surface area contributed by atoms with E-state index in [4.69, 9.17) is 0 Å². The molecule has 2 fully saturated rings. The fourth-order valence-electron chi connectivity index (χ4n) is 5.85. The molecule has 2 aromatic carbocycles. The van der Waals surface area contributed by atoms with Crippen LogP contribution in [0.5, 0.6) is 0 Å². The van der Waals surface area contributed by atoms with E-state index in [1.165, 1.54) is 23.8 Å². The molecule has 5 atom stereocenters. The number of benzene rings is 2. The molecule has 2 N–H and O–H groups in total. The number of fused-ring (bicyclic) bond motifs is 2. The van der Waals surface area contributed by atoms with Gasteiger partial charge in [-0.1, -0.05) is 44.5 Å². The fraction of sp³-hybridized carbons (Fsp3) is 0.500. The van der Waals surface area contributed by atoms with Crippen molar-refractivity contribution in [3.8, 4) is 11.3 Å². The Bertz CT molecular complexity index is 1040. The maximum absolute atomic E-state index is 10.5. The number of pyridine rings is 1. The van der Waals surface area contributed by atoms with Gasteiger partial charge in [0.2, 0.25) is 0 Å². The fourth-order valence-corrected chi connectivity index (χ4v) is 5.85. The van der Waals surface area contributed by atoms with Gasteiger partial charge in [0.1, 0.15) is 0 Å². The van der Waals surface area contributed by atoms with Crippen molar-refractivity contribution in [3.63, 3.8) is 0 Å². The van der Waals surface area contributed by atoms with Gasteiger partial charge in [-0.25, -0.2) is 0 Å². The van der Waals surface area contributed by atoms with E-state index < -0.39 is 0 Å². The zero-order valence-electron chi connectivity index (χ0n) is 20.6. The Labute approximate surface area is 218 Å². The number of aliphatic hydroxyl groups excluding tert-OH is 2. The molecule has 1 heterocycles. The summed E-state index contributed by atoms with van der Waals surface area (Å²) < 4.78 is 0. The molecule has 1 aromatic heterocycles. The van der Waals surface area contributed by atoms with Gasteiger partial charge >= 0.3 is 0 Å². The molecular formula is C30H38IrNO2-. The van der Waals surface area contributed by atoms with Crippen molar-refractivity contribution >= 4 is 10.9 Å². The van der Waals surface area contributed by atoms with Gasteiger partial charge in [0.15, 0.2) is 0 Å². The van der Waals surface area contributed by atoms with Crippen LogP contribution in [0.4, 0.5) is 0 Å². The second-order valence-corrected chi connectivity index (χ2v) is 10.5. The average Bonchev–Trinajstić information content (AvgIpc) is 3.10. The van der Waals surface area contributed by atoms with Gasteiger partial charge in [-0.15, -0.1) is 35.9 Å². The molecule has 185 valence electrons. The van der Waals surface area contributed by atoms with Gasteiger partial charge in [0.05, 0.1) is 17.7 Å². The monoisotopic (exact) mass is 637 g/mol. The van der Waals surface area contributed by atoms with Crippen molar-refractivity contribution in [3.05, 3.63) is 66.2 Å². The molecule has 2 saturated carbocycles. The van der Waals surface area contributed by atoms with Crippen LogP contribution < -0.4 is 0 Å². The van der Waals surface area contributed by atoms with Crippen LogP contribution in [0, 0.1) is 36.7 Å². The number of aliphatic hydroxyl groups is 2. The summed E-state index contributed by atoms with van der Waals surface area (Å²) in [6.07, 6.45) is 6.24. The van der Waals surface area contributed by atoms with Crippen molar-refractivity contribution in [1.82, 2.24) is 4.98 Å². The van der Waals surface area contributed by atoms with Crippen LogP contribution in [0.15, 0.2) is 54.6 Å². The summed E-state index contributed by atoms with van der Waals surface area (Å²) in [6.45, 7) is 6.53. The first-order chi connectivity index (χ1) is 15.9. The Morgan fingerprint density at radius 1 is 1.00 bits per heavy atom.